The number of phenolic OH excluding ortho intramolecular Hbond substituents is 2. The molecule has 1 aromatic heterocycles. The third-order valence-electron chi connectivity index (χ3n) is 3.93. The molecule has 2 aromatic carbocycles. The number of nitrogens with one attached hydrogen (secondary N) is 2. The molecule has 0 spiro atoms. The van der Waals surface area contributed by atoms with Gasteiger partial charge in [-0.05, 0) is 12.1 Å². The quantitative estimate of drug-likeness (QED) is 0.497. The Morgan fingerprint density at radius 1 is 1.04 bits per heavy atom. The third kappa shape index (κ3) is 2.14. The summed E-state index contributed by atoms with van der Waals surface area (Å²) in [6.45, 7) is 0.0636. The second-order valence-corrected chi connectivity index (χ2v) is 5.57. The molecule has 120 valence electrons. The average Bonchev–Trinajstić information content (AvgIpc) is 3.06. The molecule has 4 rings (SSSR count). The molecule has 7 nitrogen and oxygen atoms in total. The molecule has 1 aliphatic rings. The number of nitrogens with zero attached hydrogens (tertiary/aromatic N) is 2. The Morgan fingerprint density at radius 3 is 2.46 bits per heavy atom. The number of aliphatic hydroxyl groups excluding tert-OH is 1. The van der Waals surface area contributed by atoms with Crippen molar-refractivity contribution in [3.8, 4) is 11.5 Å². The Morgan fingerprint density at radius 2 is 1.75 bits per heavy atom. The zero-order chi connectivity index (χ0) is 16.8. The largest absolute Gasteiger partial charge is 0.509 e. The van der Waals surface area contributed by atoms with Crippen molar-refractivity contribution in [2.45, 2.75) is 0 Å². The van der Waals surface area contributed by atoms with Crippen molar-refractivity contribution in [3.63, 3.8) is 0 Å². The van der Waals surface area contributed by atoms with Gasteiger partial charge in [0.15, 0.2) is 0 Å². The van der Waals surface area contributed by atoms with Gasteiger partial charge >= 0.3 is 0 Å². The number of anilines is 1. The van der Waals surface area contributed by atoms with Crippen molar-refractivity contribution in [2.24, 2.45) is 0 Å². The number of aromatic hydroxyl groups is 2. The van der Waals surface area contributed by atoms with E-state index in [4.69, 9.17) is 5.41 Å². The van der Waals surface area contributed by atoms with Crippen LogP contribution in [-0.2, 0) is 0 Å². The summed E-state index contributed by atoms with van der Waals surface area (Å²) in [5.41, 5.74) is 2.27. The van der Waals surface area contributed by atoms with Crippen LogP contribution >= 0.6 is 0 Å². The summed E-state index contributed by atoms with van der Waals surface area (Å²) in [5.74, 6) is 0.216. The van der Waals surface area contributed by atoms with E-state index in [1.807, 2.05) is 24.3 Å². The molecule has 0 unspecified atom stereocenters. The number of H-pyrrole nitrogens is 1. The molecule has 5 N–H and O–H groups in total. The summed E-state index contributed by atoms with van der Waals surface area (Å²) < 4.78 is 0. The minimum Gasteiger partial charge on any atom is -0.509 e. The normalized spacial score (nSPS) is 14.8. The van der Waals surface area contributed by atoms with Crippen LogP contribution in [0.15, 0.2) is 48.2 Å². The van der Waals surface area contributed by atoms with Gasteiger partial charge in [0.25, 0.3) is 0 Å². The molecule has 24 heavy (non-hydrogen) atoms. The summed E-state index contributed by atoms with van der Waals surface area (Å²) in [6, 6.07) is 11.5. The van der Waals surface area contributed by atoms with Crippen molar-refractivity contribution in [2.75, 3.05) is 11.4 Å². The maximum Gasteiger partial charge on any atom is 0.145 e. The number of imidazole rings is 1. The molecule has 0 saturated heterocycles. The minimum absolute atomic E-state index is 0.00175. The fourth-order valence-corrected chi connectivity index (χ4v) is 2.86. The molecule has 0 radical (unpaired) electrons. The summed E-state index contributed by atoms with van der Waals surface area (Å²) in [4.78, 5) is 9.00. The van der Waals surface area contributed by atoms with Crippen LogP contribution in [-0.4, -0.2) is 37.7 Å². The lowest BCUT2D eigenvalue weighted by molar-refractivity contribution is 0.411. The number of benzene rings is 2. The average molecular weight is 322 g/mol. The molecule has 0 amide bonds. The first-order valence-corrected chi connectivity index (χ1v) is 7.29. The van der Waals surface area contributed by atoms with Crippen molar-refractivity contribution >= 4 is 28.1 Å². The number of rotatable bonds is 2. The molecule has 0 bridgehead atoms. The lowest BCUT2D eigenvalue weighted by Gasteiger charge is -2.19. The van der Waals surface area contributed by atoms with Crippen LogP contribution in [0.1, 0.15) is 5.82 Å². The van der Waals surface area contributed by atoms with Gasteiger partial charge in [-0.2, -0.15) is 0 Å². The Hall–Kier alpha value is -3.48. The molecular formula is C17H14N4O3. The van der Waals surface area contributed by atoms with Crippen LogP contribution in [0.5, 0.6) is 11.5 Å². The maximum atomic E-state index is 10.3. The van der Waals surface area contributed by atoms with Gasteiger partial charge in [-0.3, -0.25) is 5.41 Å². The first-order chi connectivity index (χ1) is 11.5. The van der Waals surface area contributed by atoms with Crippen molar-refractivity contribution < 1.29 is 15.3 Å². The number of aromatic amines is 1. The highest BCUT2D eigenvalue weighted by Gasteiger charge is 2.31. The second kappa shape index (κ2) is 5.02. The third-order valence-corrected chi connectivity index (χ3v) is 3.93. The monoisotopic (exact) mass is 322 g/mol. The first kappa shape index (κ1) is 14.1. The number of hydrogen-bond donors (Lipinski definition) is 5. The van der Waals surface area contributed by atoms with E-state index in [1.165, 1.54) is 23.1 Å². The number of aromatic nitrogens is 2. The molecule has 0 atom stereocenters. The van der Waals surface area contributed by atoms with Crippen LogP contribution in [0.3, 0.4) is 0 Å². The van der Waals surface area contributed by atoms with Gasteiger partial charge in [-0.25, -0.2) is 4.98 Å². The lowest BCUT2D eigenvalue weighted by atomic mass is 10.2. The van der Waals surface area contributed by atoms with E-state index >= 15 is 0 Å². The summed E-state index contributed by atoms with van der Waals surface area (Å²) in [5, 5.41) is 38.0. The van der Waals surface area contributed by atoms with Crippen molar-refractivity contribution in [1.29, 1.82) is 5.41 Å². The van der Waals surface area contributed by atoms with Gasteiger partial charge < -0.3 is 25.2 Å². The highest BCUT2D eigenvalue weighted by molar-refractivity contribution is 6.30. The molecular weight excluding hydrogens is 308 g/mol. The number of fused-ring (bicyclic) bond motifs is 1. The highest BCUT2D eigenvalue weighted by Crippen LogP contribution is 2.34. The van der Waals surface area contributed by atoms with Crippen molar-refractivity contribution in [3.05, 3.63) is 54.0 Å². The Balaban J connectivity index is 1.75. The number of hydrogen-bond acceptors (Lipinski definition) is 5. The first-order valence-electron chi connectivity index (χ1n) is 7.29. The van der Waals surface area contributed by atoms with Gasteiger partial charge in [0.2, 0.25) is 0 Å². The molecule has 1 aliphatic heterocycles. The molecule has 2 heterocycles. The van der Waals surface area contributed by atoms with Crippen LogP contribution in [0.25, 0.3) is 16.6 Å². The van der Waals surface area contributed by atoms with Gasteiger partial charge in [0.05, 0.1) is 28.8 Å². The molecule has 0 fully saturated rings. The lowest BCUT2D eigenvalue weighted by Crippen LogP contribution is -2.26. The smallest absolute Gasteiger partial charge is 0.145 e. The Kier molecular flexibility index (Phi) is 2.96. The van der Waals surface area contributed by atoms with E-state index in [9.17, 15) is 15.3 Å². The standard InChI is InChI=1S/C17H14N4O3/c18-16-15(17-19-12-3-1-2-4-13(12)20-17)14(24)8-21(16)9-5-10(22)7-11(23)6-9/h1-7,18,22-24H,8H2,(H,19,20). The number of phenols is 2. The fourth-order valence-electron chi connectivity index (χ4n) is 2.86. The van der Waals surface area contributed by atoms with E-state index in [0.29, 0.717) is 17.1 Å². The van der Waals surface area contributed by atoms with Gasteiger partial charge in [0.1, 0.15) is 28.9 Å². The minimum atomic E-state index is -0.116. The maximum absolute atomic E-state index is 10.3. The zero-order valence-corrected chi connectivity index (χ0v) is 12.5. The van der Waals surface area contributed by atoms with Crippen LogP contribution in [0.2, 0.25) is 0 Å². The zero-order valence-electron chi connectivity index (χ0n) is 12.5. The van der Waals surface area contributed by atoms with Crippen LogP contribution in [0.4, 0.5) is 5.69 Å². The van der Waals surface area contributed by atoms with E-state index in [1.54, 1.807) is 0 Å². The second-order valence-electron chi connectivity index (χ2n) is 5.57. The highest BCUT2D eigenvalue weighted by atomic mass is 16.3. The predicted octanol–water partition coefficient (Wildman–Crippen LogP) is 2.74. The molecule has 0 saturated carbocycles. The number of para-hydroxylation sites is 2. The fraction of sp³-hybridized carbons (Fsp3) is 0.0588. The summed E-state index contributed by atoms with van der Waals surface area (Å²) >= 11 is 0. The van der Waals surface area contributed by atoms with Crippen LogP contribution < -0.4 is 4.90 Å². The molecule has 3 aromatic rings. The topological polar surface area (TPSA) is 116 Å². The predicted molar refractivity (Wildman–Crippen MR) is 90.5 cm³/mol. The van der Waals surface area contributed by atoms with Gasteiger partial charge in [-0.15, -0.1) is 0 Å². The summed E-state index contributed by atoms with van der Waals surface area (Å²) in [7, 11) is 0. The number of aliphatic hydroxyl groups is 1. The number of amidine groups is 1. The van der Waals surface area contributed by atoms with Gasteiger partial charge in [-0.1, -0.05) is 12.1 Å². The van der Waals surface area contributed by atoms with Crippen LogP contribution in [0, 0.1) is 5.41 Å². The Bertz CT molecular complexity index is 953. The summed E-state index contributed by atoms with van der Waals surface area (Å²) in [6.07, 6.45) is 0. The molecule has 0 aliphatic carbocycles. The molecule has 7 heteroatoms. The van der Waals surface area contributed by atoms with E-state index in [0.717, 1.165) is 11.0 Å². The van der Waals surface area contributed by atoms with E-state index < -0.39 is 0 Å². The van der Waals surface area contributed by atoms with Crippen molar-refractivity contribution in [1.82, 2.24) is 9.97 Å². The Labute approximate surface area is 136 Å². The van der Waals surface area contributed by atoms with E-state index in [-0.39, 0.29) is 29.6 Å². The SMILES string of the molecule is N=C1C(c2nc3ccccc3[nH]2)=C(O)CN1c1cc(O)cc(O)c1. The van der Waals surface area contributed by atoms with Gasteiger partial charge in [0, 0.05) is 18.2 Å². The van der Waals surface area contributed by atoms with E-state index in [2.05, 4.69) is 9.97 Å².